The number of rotatable bonds is 3. The van der Waals surface area contributed by atoms with Crippen LogP contribution in [-0.2, 0) is 0 Å². The van der Waals surface area contributed by atoms with Gasteiger partial charge in [-0.1, -0.05) is 0 Å². The smallest absolute Gasteiger partial charge is 0.379 e. The topological polar surface area (TPSA) is 60.7 Å². The summed E-state index contributed by atoms with van der Waals surface area (Å²) in [5.74, 6) is 0.975. The average molecular weight is 301 g/mol. The molecule has 0 saturated carbocycles. The third-order valence-corrected chi connectivity index (χ3v) is 4.63. The zero-order valence-electron chi connectivity index (χ0n) is 12.5. The van der Waals surface area contributed by atoms with Gasteiger partial charge in [0.05, 0.1) is 7.11 Å². The van der Waals surface area contributed by atoms with Crippen molar-refractivity contribution in [1.82, 2.24) is 5.32 Å². The molecule has 2 saturated heterocycles. The first-order chi connectivity index (χ1) is 10.7. The van der Waals surface area contributed by atoms with Gasteiger partial charge in [0, 0.05) is 23.5 Å². The van der Waals surface area contributed by atoms with Crippen LogP contribution in [0.2, 0.25) is 0 Å². The van der Waals surface area contributed by atoms with E-state index >= 15 is 0 Å². The summed E-state index contributed by atoms with van der Waals surface area (Å²) in [6, 6.07) is 8.48. The van der Waals surface area contributed by atoms with Gasteiger partial charge in [0.2, 0.25) is 5.75 Å². The molecule has 1 unspecified atom stereocenters. The lowest BCUT2D eigenvalue weighted by atomic mass is 10.0. The largest absolute Gasteiger partial charge is 0.490 e. The zero-order chi connectivity index (χ0) is 15.1. The predicted molar refractivity (Wildman–Crippen MR) is 82.6 cm³/mol. The lowest BCUT2D eigenvalue weighted by Gasteiger charge is -2.29. The van der Waals surface area contributed by atoms with Crippen LogP contribution >= 0.6 is 0 Å². The molecular formula is C17H19NO4. The summed E-state index contributed by atoms with van der Waals surface area (Å²) < 4.78 is 16.4. The van der Waals surface area contributed by atoms with Crippen LogP contribution < -0.4 is 20.4 Å². The number of methoxy groups -OCH3 is 1. The van der Waals surface area contributed by atoms with Crippen LogP contribution in [0.25, 0.3) is 11.0 Å². The van der Waals surface area contributed by atoms with Crippen LogP contribution in [0.5, 0.6) is 11.5 Å². The van der Waals surface area contributed by atoms with Crippen LogP contribution in [0.4, 0.5) is 0 Å². The monoisotopic (exact) mass is 301 g/mol. The van der Waals surface area contributed by atoms with Gasteiger partial charge in [-0.25, -0.2) is 4.79 Å². The fourth-order valence-corrected chi connectivity index (χ4v) is 3.58. The van der Waals surface area contributed by atoms with E-state index in [4.69, 9.17) is 13.9 Å². The van der Waals surface area contributed by atoms with Gasteiger partial charge in [0.25, 0.3) is 0 Å². The van der Waals surface area contributed by atoms with Gasteiger partial charge in [-0.3, -0.25) is 0 Å². The molecule has 0 amide bonds. The number of benzene rings is 1. The minimum atomic E-state index is -0.466. The predicted octanol–water partition coefficient (Wildman–Crippen LogP) is 2.46. The molecule has 1 N–H and O–H groups in total. The fourth-order valence-electron chi connectivity index (χ4n) is 3.58. The van der Waals surface area contributed by atoms with E-state index in [1.54, 1.807) is 12.1 Å². The van der Waals surface area contributed by atoms with Crippen LogP contribution in [0.15, 0.2) is 33.5 Å². The molecule has 22 heavy (non-hydrogen) atoms. The Morgan fingerprint density at radius 1 is 1.18 bits per heavy atom. The molecule has 4 rings (SSSR count). The highest BCUT2D eigenvalue weighted by atomic mass is 16.5. The molecule has 3 heterocycles. The van der Waals surface area contributed by atoms with Crippen LogP contribution in [0.3, 0.4) is 0 Å². The fraction of sp³-hybridized carbons (Fsp3) is 0.471. The lowest BCUT2D eigenvalue weighted by Crippen LogP contribution is -2.42. The van der Waals surface area contributed by atoms with Crippen molar-refractivity contribution in [1.29, 1.82) is 0 Å². The Kier molecular flexibility index (Phi) is 3.30. The maximum absolute atomic E-state index is 11.7. The van der Waals surface area contributed by atoms with Crippen LogP contribution in [-0.4, -0.2) is 25.3 Å². The molecular weight excluding hydrogens is 282 g/mol. The Hall–Kier alpha value is -2.01. The molecule has 0 aliphatic carbocycles. The van der Waals surface area contributed by atoms with Crippen molar-refractivity contribution < 1.29 is 13.9 Å². The quantitative estimate of drug-likeness (QED) is 0.882. The molecule has 1 aromatic carbocycles. The van der Waals surface area contributed by atoms with Crippen molar-refractivity contribution in [2.45, 2.75) is 43.9 Å². The maximum Gasteiger partial charge on any atom is 0.379 e. The van der Waals surface area contributed by atoms with Gasteiger partial charge >= 0.3 is 5.63 Å². The molecule has 2 aromatic rings. The van der Waals surface area contributed by atoms with E-state index in [0.717, 1.165) is 24.0 Å². The molecule has 116 valence electrons. The SMILES string of the molecule is COc1cc2ccc(OC3C[C@H]4CC[C@@H](C3)N4)cc2oc1=O. The average Bonchev–Trinajstić information content (AvgIpc) is 2.85. The second kappa shape index (κ2) is 5.32. The van der Waals surface area contributed by atoms with Gasteiger partial charge < -0.3 is 19.2 Å². The molecule has 0 radical (unpaired) electrons. The lowest BCUT2D eigenvalue weighted by molar-refractivity contribution is 0.137. The molecule has 2 fully saturated rings. The van der Waals surface area contributed by atoms with Gasteiger partial charge in [-0.15, -0.1) is 0 Å². The van der Waals surface area contributed by atoms with E-state index in [1.165, 1.54) is 20.0 Å². The van der Waals surface area contributed by atoms with E-state index in [2.05, 4.69) is 5.32 Å². The van der Waals surface area contributed by atoms with Crippen molar-refractivity contribution in [2.75, 3.05) is 7.11 Å². The van der Waals surface area contributed by atoms with E-state index in [9.17, 15) is 4.79 Å². The second-order valence-electron chi connectivity index (χ2n) is 6.15. The summed E-state index contributed by atoms with van der Waals surface area (Å²) in [5, 5.41) is 4.43. The first-order valence-corrected chi connectivity index (χ1v) is 7.76. The highest BCUT2D eigenvalue weighted by Crippen LogP contribution is 2.30. The van der Waals surface area contributed by atoms with Gasteiger partial charge in [-0.05, 0) is 43.9 Å². The number of piperidine rings is 1. The zero-order valence-corrected chi connectivity index (χ0v) is 12.5. The highest BCUT2D eigenvalue weighted by Gasteiger charge is 2.34. The third kappa shape index (κ3) is 2.46. The first kappa shape index (κ1) is 13.6. The molecule has 2 aliphatic rings. The van der Waals surface area contributed by atoms with Crippen molar-refractivity contribution in [3.05, 3.63) is 34.7 Å². The Balaban J connectivity index is 1.58. The molecule has 5 nitrogen and oxygen atoms in total. The summed E-state index contributed by atoms with van der Waals surface area (Å²) in [6.45, 7) is 0. The molecule has 2 bridgehead atoms. The number of fused-ring (bicyclic) bond motifs is 3. The van der Waals surface area contributed by atoms with E-state index in [1.807, 2.05) is 12.1 Å². The Labute approximate surface area is 128 Å². The number of hydrogen-bond acceptors (Lipinski definition) is 5. The number of hydrogen-bond donors (Lipinski definition) is 1. The van der Waals surface area contributed by atoms with E-state index in [-0.39, 0.29) is 11.9 Å². The molecule has 1 aromatic heterocycles. The van der Waals surface area contributed by atoms with Crippen molar-refractivity contribution in [3.8, 4) is 11.5 Å². The van der Waals surface area contributed by atoms with Gasteiger partial charge in [-0.2, -0.15) is 0 Å². The third-order valence-electron chi connectivity index (χ3n) is 4.63. The first-order valence-electron chi connectivity index (χ1n) is 7.76. The molecule has 5 heteroatoms. The Bertz CT molecular complexity index is 742. The standard InChI is InChI=1S/C17H19NO4/c1-20-16-6-10-2-5-13(9-15(10)22-17(16)19)21-14-7-11-3-4-12(8-14)18-11/h2,5-6,9,11-12,14,18H,3-4,7-8H2,1H3/t11-,12+,14?. The van der Waals surface area contributed by atoms with Crippen molar-refractivity contribution in [2.24, 2.45) is 0 Å². The highest BCUT2D eigenvalue weighted by molar-refractivity contribution is 5.79. The normalized spacial score (nSPS) is 27.0. The minimum absolute atomic E-state index is 0.219. The van der Waals surface area contributed by atoms with E-state index < -0.39 is 5.63 Å². The Morgan fingerprint density at radius 3 is 2.68 bits per heavy atom. The molecule has 2 aliphatic heterocycles. The summed E-state index contributed by atoms with van der Waals surface area (Å²) in [7, 11) is 1.46. The maximum atomic E-state index is 11.7. The number of ether oxygens (including phenoxy) is 2. The Morgan fingerprint density at radius 2 is 1.95 bits per heavy atom. The molecule has 3 atom stereocenters. The molecule has 0 spiro atoms. The summed E-state index contributed by atoms with van der Waals surface area (Å²) in [4.78, 5) is 11.7. The van der Waals surface area contributed by atoms with Gasteiger partial charge in [0.1, 0.15) is 17.4 Å². The summed E-state index contributed by atoms with van der Waals surface area (Å²) in [6.07, 6.45) is 4.82. The second-order valence-corrected chi connectivity index (χ2v) is 6.15. The summed E-state index contributed by atoms with van der Waals surface area (Å²) in [5.41, 5.74) is 0.0623. The number of nitrogens with one attached hydrogen (secondary N) is 1. The summed E-state index contributed by atoms with van der Waals surface area (Å²) >= 11 is 0. The van der Waals surface area contributed by atoms with Crippen LogP contribution in [0.1, 0.15) is 25.7 Å². The van der Waals surface area contributed by atoms with Crippen LogP contribution in [0, 0.1) is 0 Å². The minimum Gasteiger partial charge on any atom is -0.490 e. The van der Waals surface area contributed by atoms with Gasteiger partial charge in [0.15, 0.2) is 0 Å². The van der Waals surface area contributed by atoms with E-state index in [0.29, 0.717) is 17.7 Å². The van der Waals surface area contributed by atoms with Crippen molar-refractivity contribution in [3.63, 3.8) is 0 Å². The van der Waals surface area contributed by atoms with Crippen molar-refractivity contribution >= 4 is 11.0 Å².